The molecule has 0 saturated heterocycles. The Hall–Kier alpha value is -1.11. The number of hydrogen-bond acceptors (Lipinski definition) is 1. The standard InChI is InChI=1S/C11H12O/c1-8-6-7-9-4-2-3-5-10(9)11(8)12/h2-5,8H,6-7H2,1H3/i4+1,6+1,7+1,8+1,9+1,11+1. The molecule has 2 rings (SSSR count). The second kappa shape index (κ2) is 2.74. The molecular formula is C11H12O. The third-order valence-electron chi connectivity index (χ3n) is 2.58. The third kappa shape index (κ3) is 1.06. The quantitative estimate of drug-likeness (QED) is 0.541. The van der Waals surface area contributed by atoms with E-state index in [-0.39, 0.29) is 5.92 Å². The van der Waals surface area contributed by atoms with Crippen LogP contribution in [0.1, 0.15) is 29.3 Å². The van der Waals surface area contributed by atoms with Gasteiger partial charge >= 0.3 is 0 Å². The van der Waals surface area contributed by atoms with Crippen molar-refractivity contribution in [2.45, 2.75) is 19.8 Å². The number of fused-ring (bicyclic) bond motifs is 1. The summed E-state index contributed by atoms with van der Waals surface area (Å²) in [6.07, 6.45) is 2.07. The van der Waals surface area contributed by atoms with E-state index in [1.54, 1.807) is 0 Å². The van der Waals surface area contributed by atoms with Crippen molar-refractivity contribution in [1.82, 2.24) is 0 Å². The van der Waals surface area contributed by atoms with E-state index >= 15 is 0 Å². The maximum absolute atomic E-state index is 11.6. The molecule has 1 aliphatic rings. The van der Waals surface area contributed by atoms with Gasteiger partial charge in [0.15, 0.2) is 5.78 Å². The summed E-state index contributed by atoms with van der Waals surface area (Å²) in [5.74, 6) is 0.539. The molecule has 62 valence electrons. The Kier molecular flexibility index (Phi) is 1.72. The summed E-state index contributed by atoms with van der Waals surface area (Å²) >= 11 is 0. The van der Waals surface area contributed by atoms with Crippen molar-refractivity contribution >= 4 is 5.78 Å². The number of rotatable bonds is 0. The SMILES string of the molecule is C[13CH]1[13CH2][13CH2][13c]2[13cH]cccc2[13C]1=O. The molecule has 1 heteroatoms. The molecule has 12 heavy (non-hydrogen) atoms. The van der Waals surface area contributed by atoms with Gasteiger partial charge < -0.3 is 0 Å². The summed E-state index contributed by atoms with van der Waals surface area (Å²) in [7, 11) is 0. The van der Waals surface area contributed by atoms with E-state index in [1.807, 2.05) is 25.1 Å². The number of ketones is 1. The van der Waals surface area contributed by atoms with E-state index < -0.39 is 0 Å². The zero-order valence-electron chi connectivity index (χ0n) is 7.21. The number of Topliss-reactive ketones (excluding diaryl/α,β-unsaturated/α-hetero) is 1. The van der Waals surface area contributed by atoms with Crippen molar-refractivity contribution in [3.8, 4) is 0 Å². The number of carbonyl (C=O) groups excluding carboxylic acids is 1. The summed E-state index contributed by atoms with van der Waals surface area (Å²) < 4.78 is 0. The fraction of sp³-hybridized carbons (Fsp3) is 0.364. The van der Waals surface area contributed by atoms with E-state index in [1.165, 1.54) is 5.56 Å². The Morgan fingerprint density at radius 3 is 2.92 bits per heavy atom. The average molecular weight is 166 g/mol. The van der Waals surface area contributed by atoms with Crippen molar-refractivity contribution in [2.75, 3.05) is 0 Å². The largest absolute Gasteiger partial charge is 0.294 e. The summed E-state index contributed by atoms with van der Waals surface area (Å²) in [6, 6.07) is 7.93. The predicted octanol–water partition coefficient (Wildman–Crippen LogP) is 2.45. The Bertz CT molecular complexity index is 315. The minimum absolute atomic E-state index is 0.222. The molecule has 0 aliphatic heterocycles. The van der Waals surface area contributed by atoms with Gasteiger partial charge in [-0.05, 0) is 18.4 Å². The second-order valence-electron chi connectivity index (χ2n) is 3.46. The van der Waals surface area contributed by atoms with Gasteiger partial charge in [0.2, 0.25) is 0 Å². The van der Waals surface area contributed by atoms with Gasteiger partial charge in [-0.15, -0.1) is 0 Å². The first-order valence-corrected chi connectivity index (χ1v) is 4.41. The zero-order valence-corrected chi connectivity index (χ0v) is 7.21. The van der Waals surface area contributed by atoms with Crippen LogP contribution in [0.5, 0.6) is 0 Å². The van der Waals surface area contributed by atoms with Gasteiger partial charge in [-0.3, -0.25) is 4.79 Å². The summed E-state index contributed by atoms with van der Waals surface area (Å²) in [4.78, 5) is 11.6. The molecular weight excluding hydrogens is 154 g/mol. The summed E-state index contributed by atoms with van der Waals surface area (Å²) in [5, 5.41) is 0. The lowest BCUT2D eigenvalue weighted by Gasteiger charge is -2.19. The first-order chi connectivity index (χ1) is 5.79. The Morgan fingerprint density at radius 1 is 1.33 bits per heavy atom. The molecule has 0 saturated carbocycles. The zero-order chi connectivity index (χ0) is 8.55. The van der Waals surface area contributed by atoms with Crippen LogP contribution in [0.4, 0.5) is 0 Å². The molecule has 1 aliphatic carbocycles. The molecule has 1 aromatic rings. The van der Waals surface area contributed by atoms with Gasteiger partial charge in [0.05, 0.1) is 0 Å². The smallest absolute Gasteiger partial charge is 0.165 e. The molecule has 0 aromatic heterocycles. The van der Waals surface area contributed by atoms with Crippen LogP contribution in [0.15, 0.2) is 24.3 Å². The lowest BCUT2D eigenvalue weighted by molar-refractivity contribution is 0.0913. The van der Waals surface area contributed by atoms with Gasteiger partial charge in [0, 0.05) is 11.5 Å². The van der Waals surface area contributed by atoms with Crippen LogP contribution in [0.25, 0.3) is 0 Å². The van der Waals surface area contributed by atoms with Crippen molar-refractivity contribution in [2.24, 2.45) is 5.92 Å². The minimum Gasteiger partial charge on any atom is -0.294 e. The van der Waals surface area contributed by atoms with E-state index in [2.05, 4.69) is 6.07 Å². The maximum Gasteiger partial charge on any atom is 0.165 e. The molecule has 1 aromatic carbocycles. The molecule has 0 fully saturated rings. The van der Waals surface area contributed by atoms with Crippen LogP contribution in [-0.2, 0) is 6.42 Å². The molecule has 1 unspecified atom stereocenters. The highest BCUT2D eigenvalue weighted by atomic mass is 16.2. The van der Waals surface area contributed by atoms with Crippen LogP contribution >= 0.6 is 0 Å². The predicted molar refractivity (Wildman–Crippen MR) is 48.3 cm³/mol. The fourth-order valence-corrected chi connectivity index (χ4v) is 1.75. The molecule has 0 radical (unpaired) electrons. The molecule has 1 atom stereocenters. The van der Waals surface area contributed by atoms with Crippen LogP contribution in [0.3, 0.4) is 0 Å². The van der Waals surface area contributed by atoms with E-state index in [4.69, 9.17) is 0 Å². The maximum atomic E-state index is 11.6. The number of benzene rings is 1. The van der Waals surface area contributed by atoms with Gasteiger partial charge in [-0.25, -0.2) is 0 Å². The van der Waals surface area contributed by atoms with Gasteiger partial charge in [-0.1, -0.05) is 31.2 Å². The molecule has 1 nitrogen and oxygen atoms in total. The van der Waals surface area contributed by atoms with Crippen LogP contribution in [0.2, 0.25) is 0 Å². The van der Waals surface area contributed by atoms with Gasteiger partial charge in [0.25, 0.3) is 0 Å². The van der Waals surface area contributed by atoms with E-state index in [0.29, 0.717) is 5.78 Å². The fourth-order valence-electron chi connectivity index (χ4n) is 1.75. The van der Waals surface area contributed by atoms with E-state index in [9.17, 15) is 4.79 Å². The van der Waals surface area contributed by atoms with Crippen molar-refractivity contribution in [3.63, 3.8) is 0 Å². The first-order valence-electron chi connectivity index (χ1n) is 4.41. The van der Waals surface area contributed by atoms with Crippen molar-refractivity contribution in [1.29, 1.82) is 0 Å². The van der Waals surface area contributed by atoms with Crippen molar-refractivity contribution in [3.05, 3.63) is 35.4 Å². The molecule has 0 amide bonds. The topological polar surface area (TPSA) is 17.1 Å². The molecule has 0 bridgehead atoms. The summed E-state index contributed by atoms with van der Waals surface area (Å²) in [6.45, 7) is 2.01. The van der Waals surface area contributed by atoms with Crippen molar-refractivity contribution < 1.29 is 4.79 Å². The highest BCUT2D eigenvalue weighted by molar-refractivity contribution is 5.99. The monoisotopic (exact) mass is 166 g/mol. The second-order valence-corrected chi connectivity index (χ2v) is 3.46. The first kappa shape index (κ1) is 7.53. The minimum atomic E-state index is 0.222. The normalized spacial score (nSPS) is 22.1. The van der Waals surface area contributed by atoms with Crippen LogP contribution in [0, 0.1) is 5.92 Å². The lowest BCUT2D eigenvalue weighted by atomic mass is 10.4. The molecule has 0 spiro atoms. The molecule has 0 heterocycles. The Morgan fingerprint density at radius 2 is 2.08 bits per heavy atom. The van der Waals surface area contributed by atoms with Gasteiger partial charge in [0.1, 0.15) is 0 Å². The third-order valence-corrected chi connectivity index (χ3v) is 2.58. The molecule has 0 N–H and O–H groups in total. The number of carbonyl (C=O) groups is 1. The van der Waals surface area contributed by atoms with Gasteiger partial charge in [-0.2, -0.15) is 0 Å². The lowest BCUT2D eigenvalue weighted by Crippen LogP contribution is -2.19. The highest BCUT2D eigenvalue weighted by Gasteiger charge is 2.22. The van der Waals surface area contributed by atoms with Crippen LogP contribution < -0.4 is 0 Å². The average Bonchev–Trinajstić information content (AvgIpc) is 2.12. The van der Waals surface area contributed by atoms with Crippen LogP contribution in [-0.4, -0.2) is 5.78 Å². The Labute approximate surface area is 72.4 Å². The number of aryl methyl sites for hydroxylation is 1. The summed E-state index contributed by atoms with van der Waals surface area (Å²) in [5.41, 5.74) is 2.16. The number of hydrogen-bond donors (Lipinski definition) is 0. The highest BCUT2D eigenvalue weighted by Crippen LogP contribution is 2.24. The Balaban J connectivity index is 2.49. The van der Waals surface area contributed by atoms with E-state index in [0.717, 1.165) is 18.4 Å².